The molecule has 4 nitrogen and oxygen atoms in total. The van der Waals surface area contributed by atoms with Crippen LogP contribution in [0.5, 0.6) is 0 Å². The van der Waals surface area contributed by atoms with E-state index >= 15 is 0 Å². The van der Waals surface area contributed by atoms with Crippen molar-refractivity contribution in [3.8, 4) is 0 Å². The maximum Gasteiger partial charge on any atom is 0.313 e. The molecule has 30 heavy (non-hydrogen) atoms. The Morgan fingerprint density at radius 1 is 1.20 bits per heavy atom. The molecule has 156 valence electrons. The second kappa shape index (κ2) is 7.88. The van der Waals surface area contributed by atoms with Gasteiger partial charge in [0.1, 0.15) is 5.60 Å². The third-order valence-electron chi connectivity index (χ3n) is 5.54. The van der Waals surface area contributed by atoms with Crippen molar-refractivity contribution in [3.05, 3.63) is 69.9 Å². The average Bonchev–Trinajstić information content (AvgIpc) is 3.34. The van der Waals surface area contributed by atoms with E-state index in [1.165, 1.54) is 16.0 Å². The van der Waals surface area contributed by atoms with E-state index in [0.717, 1.165) is 17.7 Å². The van der Waals surface area contributed by atoms with Gasteiger partial charge in [0.15, 0.2) is 0 Å². The highest BCUT2D eigenvalue weighted by molar-refractivity contribution is 7.11. The molecule has 0 saturated carbocycles. The summed E-state index contributed by atoms with van der Waals surface area (Å²) >= 11 is 1.72. The first kappa shape index (κ1) is 20.6. The molecule has 1 aliphatic heterocycles. The van der Waals surface area contributed by atoms with Crippen LogP contribution in [0.2, 0.25) is 0 Å². The Morgan fingerprint density at radius 3 is 2.57 bits per heavy atom. The molecule has 2 aliphatic rings. The zero-order chi connectivity index (χ0) is 21.5. The van der Waals surface area contributed by atoms with Gasteiger partial charge in [0.25, 0.3) is 0 Å². The molecule has 1 aromatic carbocycles. The molecular formula is C25H27NO3S. The van der Waals surface area contributed by atoms with Crippen LogP contribution in [0.25, 0.3) is 5.57 Å². The Balaban J connectivity index is 1.48. The summed E-state index contributed by atoms with van der Waals surface area (Å²) in [5, 5.41) is 2.08. The van der Waals surface area contributed by atoms with Gasteiger partial charge in [-0.25, -0.2) is 0 Å². The molecule has 1 amide bonds. The highest BCUT2D eigenvalue weighted by atomic mass is 32.1. The lowest BCUT2D eigenvalue weighted by molar-refractivity contribution is -0.156. The number of anilines is 1. The number of carbonyl (C=O) groups excluding carboxylic acids is 2. The van der Waals surface area contributed by atoms with Gasteiger partial charge in [-0.2, -0.15) is 0 Å². The number of amides is 1. The highest BCUT2D eigenvalue weighted by Crippen LogP contribution is 2.38. The summed E-state index contributed by atoms with van der Waals surface area (Å²) in [5.74, 6) is -0.504. The Bertz CT molecular complexity index is 1010. The smallest absolute Gasteiger partial charge is 0.313 e. The van der Waals surface area contributed by atoms with E-state index in [0.29, 0.717) is 6.54 Å². The molecule has 5 heteroatoms. The normalized spacial score (nSPS) is 19.8. The SMILES string of the molecule is CC(C(=O)OC(C)(C)C)c1ccc(N2CC3=CC(c4cccs4)=CCC3C2=O)cc1. The van der Waals surface area contributed by atoms with E-state index in [9.17, 15) is 9.59 Å². The summed E-state index contributed by atoms with van der Waals surface area (Å²) in [7, 11) is 0. The summed E-state index contributed by atoms with van der Waals surface area (Å²) in [4.78, 5) is 28.4. The molecule has 4 rings (SSSR count). The lowest BCUT2D eigenvalue weighted by Gasteiger charge is -2.23. The summed E-state index contributed by atoms with van der Waals surface area (Å²) in [6.07, 6.45) is 5.10. The van der Waals surface area contributed by atoms with Crippen LogP contribution < -0.4 is 4.90 Å². The van der Waals surface area contributed by atoms with Gasteiger partial charge in [0, 0.05) is 17.1 Å². The van der Waals surface area contributed by atoms with Crippen molar-refractivity contribution in [2.45, 2.75) is 45.6 Å². The summed E-state index contributed by atoms with van der Waals surface area (Å²) in [6, 6.07) is 11.9. The largest absolute Gasteiger partial charge is 0.460 e. The Morgan fingerprint density at radius 2 is 1.93 bits per heavy atom. The molecule has 0 radical (unpaired) electrons. The number of rotatable bonds is 4. The van der Waals surface area contributed by atoms with E-state index < -0.39 is 5.60 Å². The van der Waals surface area contributed by atoms with Gasteiger partial charge in [-0.1, -0.05) is 30.4 Å². The number of allylic oxidation sites excluding steroid dienone is 3. The number of thiophene rings is 1. The van der Waals surface area contributed by atoms with Crippen molar-refractivity contribution in [2.75, 3.05) is 11.4 Å². The van der Waals surface area contributed by atoms with Crippen LogP contribution in [0.1, 0.15) is 50.5 Å². The van der Waals surface area contributed by atoms with E-state index in [2.05, 4.69) is 29.7 Å². The second-order valence-corrected chi connectivity index (χ2v) is 9.86. The van der Waals surface area contributed by atoms with Crippen molar-refractivity contribution in [1.29, 1.82) is 0 Å². The minimum Gasteiger partial charge on any atom is -0.460 e. The second-order valence-electron chi connectivity index (χ2n) is 8.92. The Hall–Kier alpha value is -2.66. The fraction of sp³-hybridized carbons (Fsp3) is 0.360. The van der Waals surface area contributed by atoms with Gasteiger partial charge in [0.05, 0.1) is 11.8 Å². The first-order chi connectivity index (χ1) is 14.2. The number of esters is 1. The third-order valence-corrected chi connectivity index (χ3v) is 6.46. The fourth-order valence-electron chi connectivity index (χ4n) is 3.92. The van der Waals surface area contributed by atoms with Crippen molar-refractivity contribution in [2.24, 2.45) is 5.92 Å². The van der Waals surface area contributed by atoms with E-state index in [1.54, 1.807) is 11.3 Å². The standard InChI is InChI=1S/C25H27NO3S/c1-16(24(28)29-25(2,3)4)17-7-10-20(11-8-17)26-15-19-14-18(22-6-5-13-30-22)9-12-21(19)23(26)27/h5-11,13-14,16,21H,12,15H2,1-4H3. The lowest BCUT2D eigenvalue weighted by Crippen LogP contribution is -2.27. The number of hydrogen-bond acceptors (Lipinski definition) is 4. The Kier molecular flexibility index (Phi) is 5.41. The molecule has 1 saturated heterocycles. The maximum atomic E-state index is 13.0. The molecule has 0 bridgehead atoms. The minimum absolute atomic E-state index is 0.0610. The molecule has 0 N–H and O–H groups in total. The lowest BCUT2D eigenvalue weighted by atomic mass is 9.90. The molecule has 2 aromatic rings. The van der Waals surface area contributed by atoms with E-state index in [4.69, 9.17) is 4.74 Å². The van der Waals surface area contributed by atoms with E-state index in [1.807, 2.05) is 56.9 Å². The van der Waals surface area contributed by atoms with Crippen LogP contribution in [-0.4, -0.2) is 24.0 Å². The van der Waals surface area contributed by atoms with Gasteiger partial charge in [0.2, 0.25) is 5.91 Å². The van der Waals surface area contributed by atoms with Crippen LogP contribution in [-0.2, 0) is 14.3 Å². The average molecular weight is 422 g/mol. The van der Waals surface area contributed by atoms with Crippen LogP contribution in [0.15, 0.2) is 59.5 Å². The van der Waals surface area contributed by atoms with Crippen molar-refractivity contribution >= 4 is 34.5 Å². The van der Waals surface area contributed by atoms with Gasteiger partial charge < -0.3 is 9.64 Å². The minimum atomic E-state index is -0.507. The van der Waals surface area contributed by atoms with Crippen LogP contribution in [0, 0.1) is 5.92 Å². The van der Waals surface area contributed by atoms with Gasteiger partial charge in [-0.3, -0.25) is 9.59 Å². The molecule has 0 spiro atoms. The van der Waals surface area contributed by atoms with Crippen LogP contribution in [0.4, 0.5) is 5.69 Å². The highest BCUT2D eigenvalue weighted by Gasteiger charge is 2.37. The maximum absolute atomic E-state index is 13.0. The molecule has 2 atom stereocenters. The zero-order valence-corrected chi connectivity index (χ0v) is 18.7. The molecule has 1 aliphatic carbocycles. The topological polar surface area (TPSA) is 46.6 Å². The quantitative estimate of drug-likeness (QED) is 0.606. The predicted octanol–water partition coefficient (Wildman–Crippen LogP) is 5.57. The van der Waals surface area contributed by atoms with Crippen LogP contribution in [0.3, 0.4) is 0 Å². The number of fused-ring (bicyclic) bond motifs is 1. The fourth-order valence-corrected chi connectivity index (χ4v) is 4.66. The third kappa shape index (κ3) is 4.12. The monoisotopic (exact) mass is 421 g/mol. The molecule has 1 aromatic heterocycles. The van der Waals surface area contributed by atoms with Gasteiger partial charge in [-0.15, -0.1) is 11.3 Å². The number of nitrogens with zero attached hydrogens (tertiary/aromatic N) is 1. The summed E-state index contributed by atoms with van der Waals surface area (Å²) < 4.78 is 5.49. The number of benzene rings is 1. The van der Waals surface area contributed by atoms with Gasteiger partial charge in [-0.05, 0) is 74.4 Å². The van der Waals surface area contributed by atoms with Crippen molar-refractivity contribution in [3.63, 3.8) is 0 Å². The molecule has 2 unspecified atom stereocenters. The van der Waals surface area contributed by atoms with Gasteiger partial charge >= 0.3 is 5.97 Å². The Labute approximate surface area is 181 Å². The predicted molar refractivity (Wildman–Crippen MR) is 122 cm³/mol. The number of ether oxygens (including phenoxy) is 1. The molecular weight excluding hydrogens is 394 g/mol. The summed E-state index contributed by atoms with van der Waals surface area (Å²) in [6.45, 7) is 8.07. The number of hydrogen-bond donors (Lipinski definition) is 0. The van der Waals surface area contributed by atoms with Crippen molar-refractivity contribution in [1.82, 2.24) is 0 Å². The number of carbonyl (C=O) groups is 2. The van der Waals surface area contributed by atoms with Crippen molar-refractivity contribution < 1.29 is 14.3 Å². The first-order valence-corrected chi connectivity index (χ1v) is 11.2. The molecule has 2 heterocycles. The molecule has 1 fully saturated rings. The zero-order valence-electron chi connectivity index (χ0n) is 17.8. The first-order valence-electron chi connectivity index (χ1n) is 10.3. The van der Waals surface area contributed by atoms with Crippen LogP contribution >= 0.6 is 11.3 Å². The van der Waals surface area contributed by atoms with E-state index in [-0.39, 0.29) is 23.7 Å². The summed E-state index contributed by atoms with van der Waals surface area (Å²) in [5.41, 5.74) is 3.64.